The van der Waals surface area contributed by atoms with E-state index in [1.165, 1.54) is 18.0 Å². The van der Waals surface area contributed by atoms with Crippen LogP contribution in [0.1, 0.15) is 50.9 Å². The third-order valence-corrected chi connectivity index (χ3v) is 6.34. The molecule has 1 aromatic heterocycles. The fraction of sp³-hybridized carbons (Fsp3) is 0.417. The van der Waals surface area contributed by atoms with E-state index in [1.807, 2.05) is 0 Å². The minimum Gasteiger partial charge on any atom is -0.481 e. The second-order valence-corrected chi connectivity index (χ2v) is 8.95. The Bertz CT molecular complexity index is 1140. The number of nitrogens with one attached hydrogen (secondary N) is 2. The van der Waals surface area contributed by atoms with Crippen LogP contribution in [0.5, 0.6) is 0 Å². The lowest BCUT2D eigenvalue weighted by Gasteiger charge is -2.30. The number of halogens is 2. The van der Waals surface area contributed by atoms with Crippen molar-refractivity contribution in [1.82, 2.24) is 20.4 Å². The van der Waals surface area contributed by atoms with Gasteiger partial charge in [0, 0.05) is 18.5 Å². The van der Waals surface area contributed by atoms with Crippen LogP contribution in [0.4, 0.5) is 14.6 Å². The molecular weight excluding hydrogens is 444 g/mol. The van der Waals surface area contributed by atoms with Gasteiger partial charge in [-0.3, -0.25) is 14.6 Å². The first-order valence-corrected chi connectivity index (χ1v) is 11.2. The Morgan fingerprint density at radius 2 is 1.97 bits per heavy atom. The van der Waals surface area contributed by atoms with Gasteiger partial charge in [0.05, 0.1) is 24.4 Å². The monoisotopic (exact) mass is 471 g/mol. The maximum absolute atomic E-state index is 14.6. The van der Waals surface area contributed by atoms with E-state index in [0.717, 1.165) is 19.0 Å². The summed E-state index contributed by atoms with van der Waals surface area (Å²) in [5, 5.41) is 14.0. The number of carbonyl (C=O) groups excluding carboxylic acids is 1. The van der Waals surface area contributed by atoms with Crippen molar-refractivity contribution < 1.29 is 23.5 Å². The first kappa shape index (κ1) is 23.7. The van der Waals surface area contributed by atoms with Crippen molar-refractivity contribution in [2.45, 2.75) is 57.7 Å². The van der Waals surface area contributed by atoms with Gasteiger partial charge in [0.1, 0.15) is 11.4 Å². The number of ketones is 1. The molecule has 3 N–H and O–H groups in total. The molecule has 34 heavy (non-hydrogen) atoms. The molecule has 8 nitrogen and oxygen atoms in total. The summed E-state index contributed by atoms with van der Waals surface area (Å²) in [6.07, 6.45) is 5.42. The second kappa shape index (κ2) is 9.46. The zero-order chi connectivity index (χ0) is 24.5. The zero-order valence-corrected chi connectivity index (χ0v) is 19.0. The highest BCUT2D eigenvalue weighted by Gasteiger charge is 2.39. The fourth-order valence-electron chi connectivity index (χ4n) is 4.55. The van der Waals surface area contributed by atoms with E-state index in [1.54, 1.807) is 31.2 Å². The van der Waals surface area contributed by atoms with E-state index in [0.29, 0.717) is 24.1 Å². The first-order valence-electron chi connectivity index (χ1n) is 11.2. The molecule has 1 fully saturated rings. The minimum atomic E-state index is -1.07. The lowest BCUT2D eigenvalue weighted by atomic mass is 9.84. The number of hydrogen-bond donors (Lipinski definition) is 3. The molecule has 1 aliphatic carbocycles. The van der Waals surface area contributed by atoms with E-state index < -0.39 is 35.1 Å². The van der Waals surface area contributed by atoms with E-state index in [2.05, 4.69) is 20.7 Å². The number of nitrogens with zero attached hydrogens (tertiary/aromatic N) is 3. The maximum atomic E-state index is 14.6. The molecule has 2 aromatic rings. The van der Waals surface area contributed by atoms with Crippen LogP contribution in [0, 0.1) is 17.6 Å². The van der Waals surface area contributed by atoms with Crippen molar-refractivity contribution in [3.05, 3.63) is 65.3 Å². The van der Waals surface area contributed by atoms with Gasteiger partial charge < -0.3 is 10.4 Å². The Balaban J connectivity index is 1.61. The molecule has 1 unspecified atom stereocenters. The van der Waals surface area contributed by atoms with E-state index in [9.17, 15) is 23.5 Å². The summed E-state index contributed by atoms with van der Waals surface area (Å²) >= 11 is 0. The predicted molar refractivity (Wildman–Crippen MR) is 120 cm³/mol. The highest BCUT2D eigenvalue weighted by molar-refractivity contribution is 5.93. The van der Waals surface area contributed by atoms with E-state index in [4.69, 9.17) is 0 Å². The van der Waals surface area contributed by atoms with E-state index in [-0.39, 0.29) is 24.0 Å². The van der Waals surface area contributed by atoms with Crippen LogP contribution >= 0.6 is 0 Å². The van der Waals surface area contributed by atoms with Crippen molar-refractivity contribution >= 4 is 17.6 Å². The summed E-state index contributed by atoms with van der Waals surface area (Å²) in [5.74, 6) is -2.78. The highest BCUT2D eigenvalue weighted by atomic mass is 19.1. The molecule has 1 saturated carbocycles. The quantitative estimate of drug-likeness (QED) is 0.563. The Labute approximate surface area is 196 Å². The van der Waals surface area contributed by atoms with Crippen LogP contribution < -0.4 is 10.7 Å². The molecule has 4 rings (SSSR count). The van der Waals surface area contributed by atoms with Crippen LogP contribution in [0.2, 0.25) is 0 Å². The van der Waals surface area contributed by atoms with Gasteiger partial charge in [-0.1, -0.05) is 31.0 Å². The number of hydrogen-bond acceptors (Lipinski definition) is 7. The summed E-state index contributed by atoms with van der Waals surface area (Å²) in [7, 11) is 0. The number of allylic oxidation sites excluding steroid dienone is 1. The predicted octanol–water partition coefficient (Wildman–Crippen LogP) is 3.52. The van der Waals surface area contributed by atoms with Crippen molar-refractivity contribution in [2.75, 3.05) is 5.32 Å². The number of anilines is 1. The molecule has 0 bridgehead atoms. The largest absolute Gasteiger partial charge is 0.481 e. The molecule has 10 heteroatoms. The van der Waals surface area contributed by atoms with Gasteiger partial charge in [-0.2, -0.15) is 0 Å². The molecule has 0 amide bonds. The number of benzene rings is 1. The summed E-state index contributed by atoms with van der Waals surface area (Å²) in [5.41, 5.74) is 2.78. The smallest absolute Gasteiger partial charge is 0.308 e. The molecule has 2 heterocycles. The normalized spacial score (nSPS) is 24.6. The summed E-state index contributed by atoms with van der Waals surface area (Å²) < 4.78 is 28.8. The Kier molecular flexibility index (Phi) is 6.60. The van der Waals surface area contributed by atoms with Gasteiger partial charge in [-0.15, -0.1) is 0 Å². The SMILES string of the molecule is CC(=O)C1=CC(C)(c2ncc(F)c(N[C@@H]3CCCC[C@H]3C(=O)O)n2)NN1Cc1ccccc1F. The number of aromatic nitrogens is 2. The third-order valence-electron chi connectivity index (χ3n) is 6.34. The topological polar surface area (TPSA) is 107 Å². The van der Waals surface area contributed by atoms with E-state index >= 15 is 0 Å². The minimum absolute atomic E-state index is 0.0857. The number of carboxylic acids is 1. The second-order valence-electron chi connectivity index (χ2n) is 8.95. The number of rotatable bonds is 7. The van der Waals surface area contributed by atoms with Crippen molar-refractivity contribution in [3.8, 4) is 0 Å². The first-order chi connectivity index (χ1) is 16.2. The number of carbonyl (C=O) groups is 2. The average molecular weight is 472 g/mol. The number of aliphatic carboxylic acids is 1. The maximum Gasteiger partial charge on any atom is 0.308 e. The van der Waals surface area contributed by atoms with Gasteiger partial charge in [-0.25, -0.2) is 24.2 Å². The Morgan fingerprint density at radius 3 is 2.68 bits per heavy atom. The molecule has 1 aliphatic heterocycles. The van der Waals surface area contributed by atoms with Gasteiger partial charge in [-0.05, 0) is 31.9 Å². The summed E-state index contributed by atoms with van der Waals surface area (Å²) in [6, 6.07) is 5.82. The molecular formula is C24H27F2N5O3. The van der Waals surface area contributed by atoms with Crippen molar-refractivity contribution in [2.24, 2.45) is 5.92 Å². The van der Waals surface area contributed by atoms with Crippen LogP contribution in [0.3, 0.4) is 0 Å². The van der Waals surface area contributed by atoms with Crippen molar-refractivity contribution in [1.29, 1.82) is 0 Å². The zero-order valence-electron chi connectivity index (χ0n) is 19.0. The standard InChI is InChI=1S/C24H27F2N5O3/c1-14(32)20-11-24(2,30-31(20)13-15-7-3-5-9-17(15)25)23-27-12-18(26)21(29-23)28-19-10-6-4-8-16(19)22(33)34/h3,5,7,9,11-12,16,19,30H,4,6,8,10,13H2,1-2H3,(H,33,34)(H,27,28,29)/t16-,19-,24?/m1/s1. The number of Topliss-reactive ketones (excluding diaryl/α,β-unsaturated/α-hetero) is 1. The lowest BCUT2D eigenvalue weighted by Crippen LogP contribution is -2.44. The van der Waals surface area contributed by atoms with Crippen LogP contribution in [0.25, 0.3) is 0 Å². The van der Waals surface area contributed by atoms with Gasteiger partial charge in [0.2, 0.25) is 0 Å². The lowest BCUT2D eigenvalue weighted by molar-refractivity contribution is -0.143. The summed E-state index contributed by atoms with van der Waals surface area (Å²) in [4.78, 5) is 32.4. The Hall–Kier alpha value is -3.40. The molecule has 2 aliphatic rings. The number of carboxylic acid groups (broad SMARTS) is 1. The van der Waals surface area contributed by atoms with Crippen molar-refractivity contribution in [3.63, 3.8) is 0 Å². The molecule has 0 saturated heterocycles. The van der Waals surface area contributed by atoms with Crippen LogP contribution in [-0.4, -0.2) is 37.9 Å². The molecule has 3 atom stereocenters. The molecule has 0 spiro atoms. The van der Waals surface area contributed by atoms with Gasteiger partial charge in [0.15, 0.2) is 23.2 Å². The highest BCUT2D eigenvalue weighted by Crippen LogP contribution is 2.32. The molecule has 0 radical (unpaired) electrons. The third kappa shape index (κ3) is 4.77. The van der Waals surface area contributed by atoms with Gasteiger partial charge >= 0.3 is 5.97 Å². The fourth-order valence-corrected chi connectivity index (χ4v) is 4.55. The van der Waals surface area contributed by atoms with Crippen LogP contribution in [-0.2, 0) is 21.7 Å². The molecule has 1 aromatic carbocycles. The number of hydrazine groups is 1. The van der Waals surface area contributed by atoms with Gasteiger partial charge in [0.25, 0.3) is 0 Å². The van der Waals surface area contributed by atoms with Crippen LogP contribution in [0.15, 0.2) is 42.2 Å². The molecule has 180 valence electrons. The average Bonchev–Trinajstić information content (AvgIpc) is 3.14. The summed E-state index contributed by atoms with van der Waals surface area (Å²) in [6.45, 7) is 3.22. The Morgan fingerprint density at radius 1 is 1.24 bits per heavy atom.